The van der Waals surface area contributed by atoms with E-state index in [1.165, 1.54) is 0 Å². The Hall–Kier alpha value is -2.17. The highest BCUT2D eigenvalue weighted by Crippen LogP contribution is 2.20. The molecule has 0 aliphatic rings. The molecule has 20 heavy (non-hydrogen) atoms. The molecule has 0 unspecified atom stereocenters. The molecular formula is C15H19N3O2. The summed E-state index contributed by atoms with van der Waals surface area (Å²) in [7, 11) is 0. The predicted octanol–water partition coefficient (Wildman–Crippen LogP) is 2.79. The van der Waals surface area contributed by atoms with Gasteiger partial charge in [0, 0.05) is 11.3 Å². The fourth-order valence-corrected chi connectivity index (χ4v) is 2.31. The third-order valence-corrected chi connectivity index (χ3v) is 3.31. The van der Waals surface area contributed by atoms with Crippen LogP contribution in [-0.2, 0) is 11.2 Å². The maximum absolute atomic E-state index is 12.2. The lowest BCUT2D eigenvalue weighted by molar-refractivity contribution is -0.115. The Labute approximate surface area is 118 Å². The zero-order valence-corrected chi connectivity index (χ0v) is 12.5. The van der Waals surface area contributed by atoms with Crippen LogP contribution >= 0.6 is 0 Å². The van der Waals surface area contributed by atoms with Gasteiger partial charge >= 0.3 is 0 Å². The van der Waals surface area contributed by atoms with Crippen LogP contribution in [0.15, 0.2) is 10.6 Å². The molecule has 106 valence electrons. The lowest BCUT2D eigenvalue weighted by atomic mass is 10.1. The smallest absolute Gasteiger partial charge is 0.229 e. The van der Waals surface area contributed by atoms with Crippen LogP contribution in [0.25, 0.3) is 0 Å². The quantitative estimate of drug-likeness (QED) is 0.933. The molecular weight excluding hydrogens is 254 g/mol. The number of pyridine rings is 1. The maximum Gasteiger partial charge on any atom is 0.229 e. The second-order valence-corrected chi connectivity index (χ2v) is 5.07. The number of aromatic nitrogens is 2. The molecule has 0 saturated heterocycles. The first-order valence-corrected chi connectivity index (χ1v) is 6.55. The predicted molar refractivity (Wildman–Crippen MR) is 76.8 cm³/mol. The van der Waals surface area contributed by atoms with Crippen molar-refractivity contribution in [1.29, 1.82) is 0 Å². The van der Waals surface area contributed by atoms with Crippen molar-refractivity contribution >= 4 is 11.6 Å². The first-order chi connectivity index (χ1) is 9.38. The number of amides is 1. The molecule has 0 aromatic carbocycles. The summed E-state index contributed by atoms with van der Waals surface area (Å²) < 4.78 is 5.07. The summed E-state index contributed by atoms with van der Waals surface area (Å²) in [5, 5.41) is 6.78. The van der Waals surface area contributed by atoms with Crippen molar-refractivity contribution in [3.63, 3.8) is 0 Å². The highest BCUT2D eigenvalue weighted by molar-refractivity contribution is 5.93. The largest absolute Gasteiger partial charge is 0.361 e. The average molecular weight is 273 g/mol. The van der Waals surface area contributed by atoms with Crippen LogP contribution in [0, 0.1) is 34.6 Å². The van der Waals surface area contributed by atoms with Gasteiger partial charge in [0.25, 0.3) is 0 Å². The lowest BCUT2D eigenvalue weighted by Gasteiger charge is -2.11. The van der Waals surface area contributed by atoms with Gasteiger partial charge in [-0.2, -0.15) is 0 Å². The number of hydrogen-bond donors (Lipinski definition) is 1. The SMILES string of the molecule is Cc1cc(C)c(NC(=O)Cc2c(C)noc2C)c(C)n1. The third kappa shape index (κ3) is 2.87. The molecule has 0 atom stereocenters. The summed E-state index contributed by atoms with van der Waals surface area (Å²) in [5.41, 5.74) is 5.18. The van der Waals surface area contributed by atoms with E-state index in [1.54, 1.807) is 0 Å². The number of nitrogens with one attached hydrogen (secondary N) is 1. The molecule has 1 amide bonds. The van der Waals surface area contributed by atoms with Gasteiger partial charge in [-0.1, -0.05) is 5.16 Å². The van der Waals surface area contributed by atoms with E-state index in [9.17, 15) is 4.79 Å². The van der Waals surface area contributed by atoms with Crippen molar-refractivity contribution in [2.45, 2.75) is 41.0 Å². The van der Waals surface area contributed by atoms with E-state index < -0.39 is 0 Å². The summed E-state index contributed by atoms with van der Waals surface area (Å²) in [5.74, 6) is 0.601. The second kappa shape index (κ2) is 5.45. The molecule has 5 nitrogen and oxygen atoms in total. The summed E-state index contributed by atoms with van der Waals surface area (Å²) in [4.78, 5) is 16.5. The molecule has 2 heterocycles. The first kappa shape index (κ1) is 14.2. The number of hydrogen-bond acceptors (Lipinski definition) is 4. The topological polar surface area (TPSA) is 68.0 Å². The summed E-state index contributed by atoms with van der Waals surface area (Å²) >= 11 is 0. The Morgan fingerprint density at radius 2 is 1.90 bits per heavy atom. The summed E-state index contributed by atoms with van der Waals surface area (Å²) in [6, 6.07) is 1.96. The van der Waals surface area contributed by atoms with Crippen molar-refractivity contribution in [3.8, 4) is 0 Å². The first-order valence-electron chi connectivity index (χ1n) is 6.55. The van der Waals surface area contributed by atoms with Gasteiger partial charge in [-0.25, -0.2) is 0 Å². The van der Waals surface area contributed by atoms with E-state index >= 15 is 0 Å². The molecule has 0 aliphatic heterocycles. The van der Waals surface area contributed by atoms with Gasteiger partial charge < -0.3 is 9.84 Å². The van der Waals surface area contributed by atoms with Crippen molar-refractivity contribution < 1.29 is 9.32 Å². The molecule has 0 aliphatic carbocycles. The van der Waals surface area contributed by atoms with E-state index in [-0.39, 0.29) is 12.3 Å². The Morgan fingerprint density at radius 3 is 2.45 bits per heavy atom. The average Bonchev–Trinajstić information content (AvgIpc) is 2.65. The van der Waals surface area contributed by atoms with E-state index in [2.05, 4.69) is 15.5 Å². The second-order valence-electron chi connectivity index (χ2n) is 5.07. The minimum atomic E-state index is -0.0868. The number of anilines is 1. The van der Waals surface area contributed by atoms with E-state index in [4.69, 9.17) is 4.52 Å². The monoisotopic (exact) mass is 273 g/mol. The molecule has 0 spiro atoms. The van der Waals surface area contributed by atoms with Crippen LogP contribution in [0.5, 0.6) is 0 Å². The van der Waals surface area contributed by atoms with Crippen LogP contribution in [0.2, 0.25) is 0 Å². The number of carbonyl (C=O) groups is 1. The molecule has 0 fully saturated rings. The van der Waals surface area contributed by atoms with Gasteiger partial charge in [0.05, 0.1) is 23.5 Å². The fourth-order valence-electron chi connectivity index (χ4n) is 2.31. The molecule has 2 aromatic rings. The minimum Gasteiger partial charge on any atom is -0.361 e. The van der Waals surface area contributed by atoms with Crippen LogP contribution in [0.3, 0.4) is 0 Å². The normalized spacial score (nSPS) is 10.7. The van der Waals surface area contributed by atoms with Gasteiger partial charge in [0.15, 0.2) is 0 Å². The lowest BCUT2D eigenvalue weighted by Crippen LogP contribution is -2.17. The Kier molecular flexibility index (Phi) is 3.88. The molecule has 2 aromatic heterocycles. The molecule has 1 N–H and O–H groups in total. The van der Waals surface area contributed by atoms with E-state index in [0.29, 0.717) is 5.76 Å². The van der Waals surface area contributed by atoms with E-state index in [1.807, 2.05) is 40.7 Å². The summed E-state index contributed by atoms with van der Waals surface area (Å²) in [6.45, 7) is 9.45. The third-order valence-electron chi connectivity index (χ3n) is 3.31. The maximum atomic E-state index is 12.2. The van der Waals surface area contributed by atoms with Crippen LogP contribution < -0.4 is 5.32 Å². The zero-order valence-electron chi connectivity index (χ0n) is 12.5. The number of nitrogens with zero attached hydrogens (tertiary/aromatic N) is 2. The van der Waals surface area contributed by atoms with Gasteiger partial charge in [-0.15, -0.1) is 0 Å². The molecule has 5 heteroatoms. The molecule has 2 rings (SSSR count). The summed E-state index contributed by atoms with van der Waals surface area (Å²) in [6.07, 6.45) is 0.258. The van der Waals surface area contributed by atoms with Crippen molar-refractivity contribution in [2.75, 3.05) is 5.32 Å². The fraction of sp³-hybridized carbons (Fsp3) is 0.400. The Balaban J connectivity index is 2.17. The molecule has 0 bridgehead atoms. The molecule has 0 radical (unpaired) electrons. The van der Waals surface area contributed by atoms with Crippen molar-refractivity contribution in [3.05, 3.63) is 40.0 Å². The standard InChI is InChI=1S/C15H19N3O2/c1-8-6-9(2)16-11(4)15(8)17-14(19)7-13-10(3)18-20-12(13)5/h6H,7H2,1-5H3,(H,17,19). The number of rotatable bonds is 3. The van der Waals surface area contributed by atoms with Crippen LogP contribution in [0.4, 0.5) is 5.69 Å². The van der Waals surface area contributed by atoms with Crippen LogP contribution in [0.1, 0.15) is 34.0 Å². The van der Waals surface area contributed by atoms with Crippen molar-refractivity contribution in [1.82, 2.24) is 10.1 Å². The Morgan fingerprint density at radius 1 is 1.20 bits per heavy atom. The van der Waals surface area contributed by atoms with E-state index in [0.717, 1.165) is 33.9 Å². The highest BCUT2D eigenvalue weighted by Gasteiger charge is 2.15. The van der Waals surface area contributed by atoms with Gasteiger partial charge in [0.2, 0.25) is 5.91 Å². The minimum absolute atomic E-state index is 0.0868. The number of aryl methyl sites for hydroxylation is 5. The van der Waals surface area contributed by atoms with Crippen LogP contribution in [-0.4, -0.2) is 16.0 Å². The van der Waals surface area contributed by atoms with Gasteiger partial charge in [-0.05, 0) is 46.2 Å². The highest BCUT2D eigenvalue weighted by atomic mass is 16.5. The molecule has 0 saturated carbocycles. The van der Waals surface area contributed by atoms with Gasteiger partial charge in [0.1, 0.15) is 5.76 Å². The van der Waals surface area contributed by atoms with Crippen molar-refractivity contribution in [2.24, 2.45) is 0 Å². The Bertz CT molecular complexity index is 617. The number of carbonyl (C=O) groups excluding carboxylic acids is 1. The van der Waals surface area contributed by atoms with Gasteiger partial charge in [-0.3, -0.25) is 9.78 Å². The zero-order chi connectivity index (χ0) is 14.9.